The van der Waals surface area contributed by atoms with Gasteiger partial charge in [-0.25, -0.2) is 4.98 Å². The van der Waals surface area contributed by atoms with Crippen molar-refractivity contribution in [3.8, 4) is 11.3 Å². The molecule has 0 radical (unpaired) electrons. The molecule has 0 fully saturated rings. The van der Waals surface area contributed by atoms with Gasteiger partial charge in [-0.15, -0.1) is 0 Å². The zero-order valence-corrected chi connectivity index (χ0v) is 7.72. The van der Waals surface area contributed by atoms with Crippen LogP contribution < -0.4 is 0 Å². The Hall–Kier alpha value is -2.10. The van der Waals surface area contributed by atoms with E-state index in [9.17, 15) is 9.18 Å². The number of carbonyl (C=O) groups excluding carboxylic acids is 1. The number of halogens is 1. The fourth-order valence-corrected chi connectivity index (χ4v) is 1.22. The SMILES string of the molecule is O=Cc1ccc(-c2ccncc2)nc1F. The molecule has 74 valence electrons. The summed E-state index contributed by atoms with van der Waals surface area (Å²) in [6.45, 7) is 0. The van der Waals surface area contributed by atoms with Crippen LogP contribution in [0.25, 0.3) is 11.3 Å². The van der Waals surface area contributed by atoms with Crippen molar-refractivity contribution in [1.82, 2.24) is 9.97 Å². The first-order valence-electron chi connectivity index (χ1n) is 4.33. The van der Waals surface area contributed by atoms with Gasteiger partial charge in [-0.05, 0) is 24.3 Å². The Kier molecular flexibility index (Phi) is 2.49. The van der Waals surface area contributed by atoms with Crippen LogP contribution in [0.2, 0.25) is 0 Å². The third-order valence-electron chi connectivity index (χ3n) is 1.98. The summed E-state index contributed by atoms with van der Waals surface area (Å²) in [6.07, 6.45) is 3.64. The molecule has 2 aromatic rings. The van der Waals surface area contributed by atoms with E-state index < -0.39 is 5.95 Å². The van der Waals surface area contributed by atoms with E-state index in [1.54, 1.807) is 30.6 Å². The highest BCUT2D eigenvalue weighted by Gasteiger charge is 2.05. The minimum atomic E-state index is -0.751. The maximum Gasteiger partial charge on any atom is 0.224 e. The second-order valence-corrected chi connectivity index (χ2v) is 2.93. The Labute approximate surface area is 85.6 Å². The van der Waals surface area contributed by atoms with Crippen LogP contribution >= 0.6 is 0 Å². The lowest BCUT2D eigenvalue weighted by molar-refractivity contribution is 0.111. The number of aromatic nitrogens is 2. The molecule has 0 aliphatic rings. The maximum atomic E-state index is 13.2. The number of hydrogen-bond donors (Lipinski definition) is 0. The van der Waals surface area contributed by atoms with Gasteiger partial charge in [0.05, 0.1) is 11.3 Å². The molecular weight excluding hydrogens is 195 g/mol. The molecule has 15 heavy (non-hydrogen) atoms. The van der Waals surface area contributed by atoms with Crippen molar-refractivity contribution in [3.05, 3.63) is 48.2 Å². The quantitative estimate of drug-likeness (QED) is 0.553. The molecular formula is C11H7FN2O. The Bertz CT molecular complexity index is 485. The second kappa shape index (κ2) is 3.96. The third kappa shape index (κ3) is 1.88. The van der Waals surface area contributed by atoms with Crippen LogP contribution in [-0.4, -0.2) is 16.3 Å². The molecule has 0 saturated carbocycles. The lowest BCUT2D eigenvalue weighted by atomic mass is 10.1. The lowest BCUT2D eigenvalue weighted by Crippen LogP contribution is -1.94. The zero-order valence-electron chi connectivity index (χ0n) is 7.72. The van der Waals surface area contributed by atoms with Gasteiger partial charge in [0.15, 0.2) is 6.29 Å². The molecule has 0 amide bonds. The van der Waals surface area contributed by atoms with E-state index in [1.165, 1.54) is 6.07 Å². The van der Waals surface area contributed by atoms with E-state index in [-0.39, 0.29) is 5.56 Å². The normalized spacial score (nSPS) is 9.93. The molecule has 0 aromatic carbocycles. The van der Waals surface area contributed by atoms with Crippen molar-refractivity contribution in [2.45, 2.75) is 0 Å². The number of nitrogens with zero attached hydrogens (tertiary/aromatic N) is 2. The van der Waals surface area contributed by atoms with Crippen LogP contribution in [0, 0.1) is 5.95 Å². The first kappa shape index (κ1) is 9.45. The Morgan fingerprint density at radius 1 is 1.13 bits per heavy atom. The number of aldehydes is 1. The van der Waals surface area contributed by atoms with Gasteiger partial charge >= 0.3 is 0 Å². The van der Waals surface area contributed by atoms with E-state index in [0.717, 1.165) is 5.56 Å². The topological polar surface area (TPSA) is 42.9 Å². The summed E-state index contributed by atoms with van der Waals surface area (Å²) < 4.78 is 13.2. The molecule has 4 heteroatoms. The van der Waals surface area contributed by atoms with Crippen LogP contribution in [0.1, 0.15) is 10.4 Å². The lowest BCUT2D eigenvalue weighted by Gasteiger charge is -2.00. The van der Waals surface area contributed by atoms with Crippen molar-refractivity contribution < 1.29 is 9.18 Å². The molecule has 0 bridgehead atoms. The smallest absolute Gasteiger partial charge is 0.224 e. The monoisotopic (exact) mass is 202 g/mol. The molecule has 2 rings (SSSR count). The van der Waals surface area contributed by atoms with E-state index in [4.69, 9.17) is 0 Å². The molecule has 2 heterocycles. The third-order valence-corrected chi connectivity index (χ3v) is 1.98. The molecule has 2 aromatic heterocycles. The van der Waals surface area contributed by atoms with Crippen LogP contribution in [0.4, 0.5) is 4.39 Å². The predicted molar refractivity (Wildman–Crippen MR) is 52.8 cm³/mol. The minimum Gasteiger partial charge on any atom is -0.298 e. The van der Waals surface area contributed by atoms with E-state index in [0.29, 0.717) is 12.0 Å². The summed E-state index contributed by atoms with van der Waals surface area (Å²) in [4.78, 5) is 17.9. The van der Waals surface area contributed by atoms with Crippen LogP contribution in [0.5, 0.6) is 0 Å². The van der Waals surface area contributed by atoms with Crippen LogP contribution in [-0.2, 0) is 0 Å². The van der Waals surface area contributed by atoms with Gasteiger partial charge in [-0.2, -0.15) is 4.39 Å². The van der Waals surface area contributed by atoms with Gasteiger partial charge in [0.25, 0.3) is 0 Å². The second-order valence-electron chi connectivity index (χ2n) is 2.93. The first-order valence-corrected chi connectivity index (χ1v) is 4.33. The molecule has 0 atom stereocenters. The number of rotatable bonds is 2. The van der Waals surface area contributed by atoms with Crippen LogP contribution in [0.3, 0.4) is 0 Å². The Balaban J connectivity index is 2.47. The highest BCUT2D eigenvalue weighted by Crippen LogP contribution is 2.16. The van der Waals surface area contributed by atoms with Crippen molar-refractivity contribution in [1.29, 1.82) is 0 Å². The van der Waals surface area contributed by atoms with Crippen molar-refractivity contribution in [2.24, 2.45) is 0 Å². The zero-order chi connectivity index (χ0) is 10.7. The summed E-state index contributed by atoms with van der Waals surface area (Å²) in [5.74, 6) is -0.751. The molecule has 3 nitrogen and oxygen atoms in total. The molecule has 0 saturated heterocycles. The minimum absolute atomic E-state index is 0.0344. The number of hydrogen-bond acceptors (Lipinski definition) is 3. The van der Waals surface area contributed by atoms with E-state index in [2.05, 4.69) is 9.97 Å². The first-order chi connectivity index (χ1) is 7.31. The number of carbonyl (C=O) groups is 1. The van der Waals surface area contributed by atoms with Gasteiger partial charge < -0.3 is 0 Å². The molecule has 0 aliphatic carbocycles. The van der Waals surface area contributed by atoms with Crippen molar-refractivity contribution >= 4 is 6.29 Å². The predicted octanol–water partition coefficient (Wildman–Crippen LogP) is 2.10. The summed E-state index contributed by atoms with van der Waals surface area (Å²) in [7, 11) is 0. The highest BCUT2D eigenvalue weighted by molar-refractivity contribution is 5.75. The van der Waals surface area contributed by atoms with Crippen molar-refractivity contribution in [3.63, 3.8) is 0 Å². The summed E-state index contributed by atoms with van der Waals surface area (Å²) >= 11 is 0. The van der Waals surface area contributed by atoms with Gasteiger partial charge in [-0.1, -0.05) is 0 Å². The van der Waals surface area contributed by atoms with Gasteiger partial charge in [-0.3, -0.25) is 9.78 Å². The molecule has 0 aliphatic heterocycles. The van der Waals surface area contributed by atoms with Crippen molar-refractivity contribution in [2.75, 3.05) is 0 Å². The van der Waals surface area contributed by atoms with Gasteiger partial charge in [0.1, 0.15) is 0 Å². The van der Waals surface area contributed by atoms with E-state index in [1.807, 2.05) is 0 Å². The summed E-state index contributed by atoms with van der Waals surface area (Å²) in [5.41, 5.74) is 1.22. The van der Waals surface area contributed by atoms with Gasteiger partial charge in [0.2, 0.25) is 5.95 Å². The fourth-order valence-electron chi connectivity index (χ4n) is 1.22. The largest absolute Gasteiger partial charge is 0.298 e. The molecule has 0 N–H and O–H groups in total. The maximum absolute atomic E-state index is 13.2. The fraction of sp³-hybridized carbons (Fsp3) is 0. The average molecular weight is 202 g/mol. The standard InChI is InChI=1S/C11H7FN2O/c12-11-9(7-15)1-2-10(14-11)8-3-5-13-6-4-8/h1-7H. The molecule has 0 spiro atoms. The Morgan fingerprint density at radius 2 is 1.87 bits per heavy atom. The average Bonchev–Trinajstić information content (AvgIpc) is 2.30. The summed E-state index contributed by atoms with van der Waals surface area (Å²) in [6, 6.07) is 6.46. The van der Waals surface area contributed by atoms with Crippen LogP contribution in [0.15, 0.2) is 36.7 Å². The van der Waals surface area contributed by atoms with E-state index >= 15 is 0 Å². The highest BCUT2D eigenvalue weighted by atomic mass is 19.1. The molecule has 0 unspecified atom stereocenters. The summed E-state index contributed by atoms with van der Waals surface area (Å²) in [5, 5.41) is 0. The van der Waals surface area contributed by atoms with Gasteiger partial charge in [0, 0.05) is 18.0 Å². The Morgan fingerprint density at radius 3 is 2.47 bits per heavy atom. The number of pyridine rings is 2.